The molecule has 0 fully saturated rings. The van der Waals surface area contributed by atoms with E-state index < -0.39 is 35.1 Å². The zero-order chi connectivity index (χ0) is 11.4. The first-order valence-corrected chi connectivity index (χ1v) is 5.20. The van der Waals surface area contributed by atoms with Crippen LogP contribution in [0.1, 0.15) is 20.8 Å². The zero-order valence-corrected chi connectivity index (χ0v) is 9.15. The summed E-state index contributed by atoms with van der Waals surface area (Å²) in [7, 11) is 0. The van der Waals surface area contributed by atoms with Crippen LogP contribution < -0.4 is 0 Å². The molecule has 3 unspecified atom stereocenters. The predicted molar refractivity (Wildman–Crippen MR) is 52.2 cm³/mol. The summed E-state index contributed by atoms with van der Waals surface area (Å²) in [5, 5.41) is 0. The third kappa shape index (κ3) is 4.85. The van der Waals surface area contributed by atoms with Crippen molar-refractivity contribution in [3.8, 4) is 0 Å². The van der Waals surface area contributed by atoms with Gasteiger partial charge in [0, 0.05) is 0 Å². The van der Waals surface area contributed by atoms with Crippen molar-refractivity contribution >= 4 is 17.6 Å². The highest BCUT2D eigenvalue weighted by atomic mass is 32.2. The third-order valence-electron chi connectivity index (χ3n) is 1.32. The minimum absolute atomic E-state index is 0.561. The largest absolute Gasteiger partial charge is 0.591 e. The van der Waals surface area contributed by atoms with Gasteiger partial charge in [-0.2, -0.15) is 0 Å². The van der Waals surface area contributed by atoms with Crippen molar-refractivity contribution in [3.63, 3.8) is 0 Å². The van der Waals surface area contributed by atoms with Crippen LogP contribution in [0.15, 0.2) is 4.40 Å². The van der Waals surface area contributed by atoms with E-state index in [0.29, 0.717) is 6.21 Å². The number of halogens is 3. The summed E-state index contributed by atoms with van der Waals surface area (Å²) in [6.07, 6.45) is -3.80. The average molecular weight is 229 g/mol. The SMILES string of the molecule is CC(C)(C)[S+]([O-])N=CC(F)C(F)CF. The number of nitrogens with zero attached hydrogens (tertiary/aromatic N) is 1. The topological polar surface area (TPSA) is 35.4 Å². The predicted octanol–water partition coefficient (Wildman–Crippen LogP) is 2.17. The van der Waals surface area contributed by atoms with Crippen LogP contribution in [0, 0.1) is 0 Å². The molecule has 0 amide bonds. The zero-order valence-electron chi connectivity index (χ0n) is 8.34. The van der Waals surface area contributed by atoms with Gasteiger partial charge in [0.05, 0.1) is 6.21 Å². The summed E-state index contributed by atoms with van der Waals surface area (Å²) >= 11 is -1.64. The average Bonchev–Trinajstić information content (AvgIpc) is 2.10. The van der Waals surface area contributed by atoms with Crippen LogP contribution in [0.4, 0.5) is 13.2 Å². The van der Waals surface area contributed by atoms with Crippen molar-refractivity contribution in [2.24, 2.45) is 4.40 Å². The van der Waals surface area contributed by atoms with Crippen molar-refractivity contribution in [1.29, 1.82) is 0 Å². The van der Waals surface area contributed by atoms with Crippen LogP contribution in [0.5, 0.6) is 0 Å². The molecule has 3 atom stereocenters. The fourth-order valence-electron chi connectivity index (χ4n) is 0.450. The molecule has 6 heteroatoms. The molecule has 0 aromatic carbocycles. The van der Waals surface area contributed by atoms with Crippen molar-refractivity contribution in [2.45, 2.75) is 37.9 Å². The van der Waals surface area contributed by atoms with Crippen LogP contribution in [-0.4, -0.2) is 34.5 Å². The summed E-state index contributed by atoms with van der Waals surface area (Å²) in [6, 6.07) is 0. The van der Waals surface area contributed by atoms with E-state index in [4.69, 9.17) is 0 Å². The molecule has 0 rings (SSSR count). The first-order chi connectivity index (χ1) is 6.29. The molecule has 84 valence electrons. The second kappa shape index (κ2) is 5.60. The highest BCUT2D eigenvalue weighted by molar-refractivity contribution is 7.91. The summed E-state index contributed by atoms with van der Waals surface area (Å²) in [4.78, 5) is 0. The minimum Gasteiger partial charge on any atom is -0.591 e. The molecule has 0 bridgehead atoms. The lowest BCUT2D eigenvalue weighted by Crippen LogP contribution is -2.28. The Morgan fingerprint density at radius 2 is 1.93 bits per heavy atom. The van der Waals surface area contributed by atoms with Crippen molar-refractivity contribution in [1.82, 2.24) is 0 Å². The molecular formula is C8H14F3NOS. The maximum Gasteiger partial charge on any atom is 0.173 e. The maximum absolute atomic E-state index is 12.6. The van der Waals surface area contributed by atoms with Crippen LogP contribution in [0.25, 0.3) is 0 Å². The van der Waals surface area contributed by atoms with Gasteiger partial charge in [0.15, 0.2) is 12.3 Å². The smallest absolute Gasteiger partial charge is 0.173 e. The van der Waals surface area contributed by atoms with Gasteiger partial charge in [-0.1, -0.05) is 4.40 Å². The molecule has 0 aliphatic rings. The molecule has 0 radical (unpaired) electrons. The first kappa shape index (κ1) is 13.8. The van der Waals surface area contributed by atoms with Gasteiger partial charge in [-0.25, -0.2) is 13.2 Å². The second-order valence-electron chi connectivity index (χ2n) is 3.73. The molecule has 0 aliphatic heterocycles. The lowest BCUT2D eigenvalue weighted by molar-refractivity contribution is 0.182. The Morgan fingerprint density at radius 3 is 2.29 bits per heavy atom. The third-order valence-corrected chi connectivity index (χ3v) is 2.68. The van der Waals surface area contributed by atoms with Crippen LogP contribution in [0.3, 0.4) is 0 Å². The molecule has 0 aromatic heterocycles. The standard InChI is InChI=1S/C8H14F3NOS/c1-8(2,3)14(13)12-5-7(11)6(10)4-9/h5-7H,4H2,1-3H3. The maximum atomic E-state index is 12.6. The summed E-state index contributed by atoms with van der Waals surface area (Å²) < 4.78 is 50.5. The fraction of sp³-hybridized carbons (Fsp3) is 0.875. The van der Waals surface area contributed by atoms with Gasteiger partial charge in [0.1, 0.15) is 22.8 Å². The van der Waals surface area contributed by atoms with Gasteiger partial charge in [0.2, 0.25) is 0 Å². The Kier molecular flexibility index (Phi) is 5.51. The van der Waals surface area contributed by atoms with E-state index in [9.17, 15) is 17.7 Å². The lowest BCUT2D eigenvalue weighted by Gasteiger charge is -2.18. The lowest BCUT2D eigenvalue weighted by atomic mass is 10.3. The van der Waals surface area contributed by atoms with Gasteiger partial charge in [-0.3, -0.25) is 0 Å². The van der Waals surface area contributed by atoms with E-state index in [1.807, 2.05) is 0 Å². The Labute approximate surface area is 84.9 Å². The summed E-state index contributed by atoms with van der Waals surface area (Å²) in [5.41, 5.74) is 0. The number of alkyl halides is 3. The van der Waals surface area contributed by atoms with E-state index in [-0.39, 0.29) is 0 Å². The molecule has 0 aliphatic carbocycles. The Morgan fingerprint density at radius 1 is 1.43 bits per heavy atom. The second-order valence-corrected chi connectivity index (χ2v) is 5.66. The van der Waals surface area contributed by atoms with Gasteiger partial charge in [-0.05, 0) is 20.8 Å². The molecule has 0 saturated carbocycles. The number of hydrogen-bond donors (Lipinski definition) is 0. The van der Waals surface area contributed by atoms with Gasteiger partial charge in [-0.15, -0.1) is 0 Å². The van der Waals surface area contributed by atoms with Crippen molar-refractivity contribution in [2.75, 3.05) is 6.67 Å². The highest BCUT2D eigenvalue weighted by Crippen LogP contribution is 2.17. The van der Waals surface area contributed by atoms with Crippen LogP contribution in [0.2, 0.25) is 0 Å². The first-order valence-electron chi connectivity index (χ1n) is 4.09. The molecule has 2 nitrogen and oxygen atoms in total. The van der Waals surface area contributed by atoms with Crippen LogP contribution >= 0.6 is 0 Å². The Hall–Kier alpha value is -0.230. The van der Waals surface area contributed by atoms with E-state index in [1.165, 1.54) is 0 Å². The molecule has 0 spiro atoms. The Bertz CT molecular complexity index is 196. The van der Waals surface area contributed by atoms with Gasteiger partial charge < -0.3 is 4.55 Å². The monoisotopic (exact) mass is 229 g/mol. The van der Waals surface area contributed by atoms with Gasteiger partial charge in [0.25, 0.3) is 0 Å². The fourth-order valence-corrected chi connectivity index (χ4v) is 0.993. The molecule has 0 saturated heterocycles. The molecular weight excluding hydrogens is 215 g/mol. The summed E-state index contributed by atoms with van der Waals surface area (Å²) in [5.74, 6) is 0. The van der Waals surface area contributed by atoms with Crippen molar-refractivity contribution < 1.29 is 17.7 Å². The number of rotatable bonds is 4. The van der Waals surface area contributed by atoms with E-state index in [2.05, 4.69) is 4.40 Å². The highest BCUT2D eigenvalue weighted by Gasteiger charge is 2.27. The summed E-state index contributed by atoms with van der Waals surface area (Å²) in [6.45, 7) is 3.54. The van der Waals surface area contributed by atoms with Crippen molar-refractivity contribution in [3.05, 3.63) is 0 Å². The van der Waals surface area contributed by atoms with E-state index >= 15 is 0 Å². The van der Waals surface area contributed by atoms with Crippen LogP contribution in [-0.2, 0) is 11.4 Å². The molecule has 14 heavy (non-hydrogen) atoms. The molecule has 0 N–H and O–H groups in total. The normalized spacial score (nSPS) is 19.6. The van der Waals surface area contributed by atoms with E-state index in [0.717, 1.165) is 0 Å². The quantitative estimate of drug-likeness (QED) is 0.537. The molecule has 0 heterocycles. The minimum atomic E-state index is -2.23. The van der Waals surface area contributed by atoms with E-state index in [1.54, 1.807) is 20.8 Å². The molecule has 0 aromatic rings. The Balaban J connectivity index is 4.17. The van der Waals surface area contributed by atoms with Gasteiger partial charge >= 0.3 is 0 Å². The number of hydrogen-bond acceptors (Lipinski definition) is 2.